The Labute approximate surface area is 133 Å². The summed E-state index contributed by atoms with van der Waals surface area (Å²) in [7, 11) is 0. The molecule has 2 saturated carbocycles. The van der Waals surface area contributed by atoms with Gasteiger partial charge in [0.15, 0.2) is 5.13 Å². The fourth-order valence-corrected chi connectivity index (χ4v) is 4.31. The predicted molar refractivity (Wildman–Crippen MR) is 91.2 cm³/mol. The van der Waals surface area contributed by atoms with Crippen molar-refractivity contribution in [2.24, 2.45) is 5.92 Å². The minimum absolute atomic E-state index is 0.697. The first-order valence-corrected chi connectivity index (χ1v) is 9.41. The second-order valence-corrected chi connectivity index (χ2v) is 8.21. The van der Waals surface area contributed by atoms with Crippen molar-refractivity contribution in [2.45, 2.75) is 77.9 Å². The van der Waals surface area contributed by atoms with Gasteiger partial charge >= 0.3 is 0 Å². The van der Waals surface area contributed by atoms with Crippen molar-refractivity contribution in [1.29, 1.82) is 0 Å². The van der Waals surface area contributed by atoms with Crippen molar-refractivity contribution in [3.8, 4) is 0 Å². The molecule has 3 nitrogen and oxygen atoms in total. The zero-order valence-electron chi connectivity index (χ0n) is 13.7. The monoisotopic (exact) mass is 307 g/mol. The van der Waals surface area contributed by atoms with Crippen molar-refractivity contribution in [1.82, 2.24) is 10.3 Å². The molecule has 4 heteroatoms. The first-order valence-electron chi connectivity index (χ1n) is 8.60. The molecule has 1 aromatic rings. The van der Waals surface area contributed by atoms with Gasteiger partial charge in [-0.15, -0.1) is 11.3 Å². The summed E-state index contributed by atoms with van der Waals surface area (Å²) >= 11 is 1.92. The molecule has 1 heterocycles. The summed E-state index contributed by atoms with van der Waals surface area (Å²) in [6.07, 6.45) is 8.18. The first-order chi connectivity index (χ1) is 10.1. The topological polar surface area (TPSA) is 28.2 Å². The lowest BCUT2D eigenvalue weighted by molar-refractivity contribution is 0.534. The van der Waals surface area contributed by atoms with E-state index >= 15 is 0 Å². The SMILES string of the molecule is Cc1nc(N(CC(C)C)C2CCCC2)sc1CNC1CC1. The van der Waals surface area contributed by atoms with Gasteiger partial charge in [-0.2, -0.15) is 0 Å². The maximum Gasteiger partial charge on any atom is 0.186 e. The maximum atomic E-state index is 4.91. The highest BCUT2D eigenvalue weighted by molar-refractivity contribution is 7.15. The van der Waals surface area contributed by atoms with Crippen LogP contribution in [-0.2, 0) is 6.54 Å². The zero-order chi connectivity index (χ0) is 14.8. The smallest absolute Gasteiger partial charge is 0.186 e. The van der Waals surface area contributed by atoms with Gasteiger partial charge in [-0.3, -0.25) is 0 Å². The molecule has 0 bridgehead atoms. The Balaban J connectivity index is 1.72. The number of nitrogens with zero attached hydrogens (tertiary/aromatic N) is 2. The molecule has 2 aliphatic rings. The van der Waals surface area contributed by atoms with Crippen molar-refractivity contribution in [3.05, 3.63) is 10.6 Å². The Morgan fingerprint density at radius 2 is 1.95 bits per heavy atom. The predicted octanol–water partition coefficient (Wildman–Crippen LogP) is 4.11. The van der Waals surface area contributed by atoms with Gasteiger partial charge in [0.05, 0.1) is 5.69 Å². The number of aromatic nitrogens is 1. The van der Waals surface area contributed by atoms with E-state index in [9.17, 15) is 0 Å². The lowest BCUT2D eigenvalue weighted by Crippen LogP contribution is -2.36. The highest BCUT2D eigenvalue weighted by Crippen LogP contribution is 2.33. The zero-order valence-corrected chi connectivity index (χ0v) is 14.5. The molecule has 0 radical (unpaired) electrons. The molecule has 1 aromatic heterocycles. The second-order valence-electron chi connectivity index (χ2n) is 7.14. The first kappa shape index (κ1) is 15.3. The third kappa shape index (κ3) is 3.98. The molecule has 0 saturated heterocycles. The van der Waals surface area contributed by atoms with E-state index in [1.807, 2.05) is 11.3 Å². The number of hydrogen-bond acceptors (Lipinski definition) is 4. The van der Waals surface area contributed by atoms with E-state index in [0.717, 1.165) is 25.2 Å². The Morgan fingerprint density at radius 1 is 1.24 bits per heavy atom. The molecule has 2 fully saturated rings. The van der Waals surface area contributed by atoms with Crippen LogP contribution in [0.15, 0.2) is 0 Å². The van der Waals surface area contributed by atoms with Crippen molar-refractivity contribution < 1.29 is 0 Å². The van der Waals surface area contributed by atoms with Crippen molar-refractivity contribution in [3.63, 3.8) is 0 Å². The van der Waals surface area contributed by atoms with Gasteiger partial charge in [-0.05, 0) is 38.5 Å². The van der Waals surface area contributed by atoms with Crippen LogP contribution in [0.3, 0.4) is 0 Å². The Kier molecular flexibility index (Phi) is 4.85. The van der Waals surface area contributed by atoms with Crippen LogP contribution < -0.4 is 10.2 Å². The average Bonchev–Trinajstić information content (AvgIpc) is 2.97. The number of rotatable bonds is 7. The second kappa shape index (κ2) is 6.66. The molecule has 21 heavy (non-hydrogen) atoms. The number of aryl methyl sites for hydroxylation is 1. The van der Waals surface area contributed by atoms with Crippen LogP contribution in [0, 0.1) is 12.8 Å². The Bertz CT molecular complexity index is 459. The van der Waals surface area contributed by atoms with E-state index in [2.05, 4.69) is 31.0 Å². The summed E-state index contributed by atoms with van der Waals surface area (Å²) in [6.45, 7) is 8.96. The molecule has 0 atom stereocenters. The van der Waals surface area contributed by atoms with E-state index in [4.69, 9.17) is 4.98 Å². The Hall–Kier alpha value is -0.610. The van der Waals surface area contributed by atoms with Gasteiger partial charge in [-0.1, -0.05) is 26.7 Å². The average molecular weight is 308 g/mol. The number of nitrogens with one attached hydrogen (secondary N) is 1. The molecule has 1 N–H and O–H groups in total. The van der Waals surface area contributed by atoms with Crippen LogP contribution in [0.4, 0.5) is 5.13 Å². The highest BCUT2D eigenvalue weighted by atomic mass is 32.1. The minimum atomic E-state index is 0.697. The minimum Gasteiger partial charge on any atom is -0.345 e. The van der Waals surface area contributed by atoms with Gasteiger partial charge in [0.1, 0.15) is 0 Å². The molecule has 0 aromatic carbocycles. The summed E-state index contributed by atoms with van der Waals surface area (Å²) in [6, 6.07) is 1.50. The molecule has 0 amide bonds. The number of hydrogen-bond donors (Lipinski definition) is 1. The molecule has 0 spiro atoms. The summed E-state index contributed by atoms with van der Waals surface area (Å²) in [5, 5.41) is 4.89. The van der Waals surface area contributed by atoms with E-state index in [-0.39, 0.29) is 0 Å². The lowest BCUT2D eigenvalue weighted by Gasteiger charge is -2.30. The van der Waals surface area contributed by atoms with Gasteiger partial charge in [0.2, 0.25) is 0 Å². The van der Waals surface area contributed by atoms with E-state index in [1.165, 1.54) is 54.2 Å². The van der Waals surface area contributed by atoms with E-state index in [1.54, 1.807) is 0 Å². The van der Waals surface area contributed by atoms with Crippen LogP contribution in [0.2, 0.25) is 0 Å². The Morgan fingerprint density at radius 3 is 2.57 bits per heavy atom. The van der Waals surface area contributed by atoms with Crippen LogP contribution in [0.5, 0.6) is 0 Å². The molecule has 0 aliphatic heterocycles. The fourth-order valence-electron chi connectivity index (χ4n) is 3.22. The largest absolute Gasteiger partial charge is 0.345 e. The lowest BCUT2D eigenvalue weighted by atomic mass is 10.1. The third-order valence-electron chi connectivity index (χ3n) is 4.58. The normalized spacial score (nSPS) is 19.6. The van der Waals surface area contributed by atoms with Gasteiger partial charge in [0, 0.05) is 30.1 Å². The summed E-state index contributed by atoms with van der Waals surface area (Å²) in [5.41, 5.74) is 1.23. The van der Waals surface area contributed by atoms with Gasteiger partial charge in [0.25, 0.3) is 0 Å². The molecule has 3 rings (SSSR count). The summed E-state index contributed by atoms with van der Waals surface area (Å²) in [4.78, 5) is 8.95. The molecule has 118 valence electrons. The van der Waals surface area contributed by atoms with Crippen LogP contribution >= 0.6 is 11.3 Å². The number of anilines is 1. The standard InChI is InChI=1S/C17H29N3S/c1-12(2)11-20(15-6-4-5-7-15)17-19-13(3)16(21-17)10-18-14-8-9-14/h12,14-15,18H,4-11H2,1-3H3. The molecule has 0 unspecified atom stereocenters. The van der Waals surface area contributed by atoms with Crippen LogP contribution in [0.1, 0.15) is 62.9 Å². The fraction of sp³-hybridized carbons (Fsp3) is 0.824. The van der Waals surface area contributed by atoms with E-state index < -0.39 is 0 Å². The molecule has 2 aliphatic carbocycles. The van der Waals surface area contributed by atoms with Crippen LogP contribution in [0.25, 0.3) is 0 Å². The van der Waals surface area contributed by atoms with Crippen LogP contribution in [-0.4, -0.2) is 23.6 Å². The molecular weight excluding hydrogens is 278 g/mol. The van der Waals surface area contributed by atoms with Gasteiger partial charge < -0.3 is 10.2 Å². The van der Waals surface area contributed by atoms with E-state index in [0.29, 0.717) is 5.92 Å². The van der Waals surface area contributed by atoms with Crippen molar-refractivity contribution >= 4 is 16.5 Å². The summed E-state index contributed by atoms with van der Waals surface area (Å²) < 4.78 is 0. The van der Waals surface area contributed by atoms with Crippen molar-refractivity contribution in [2.75, 3.05) is 11.4 Å². The number of thiazole rings is 1. The third-order valence-corrected chi connectivity index (χ3v) is 5.78. The highest BCUT2D eigenvalue weighted by Gasteiger charge is 2.27. The van der Waals surface area contributed by atoms with Gasteiger partial charge in [-0.25, -0.2) is 4.98 Å². The summed E-state index contributed by atoms with van der Waals surface area (Å²) in [5.74, 6) is 0.697. The maximum absolute atomic E-state index is 4.91. The quantitative estimate of drug-likeness (QED) is 0.821. The molecular formula is C17H29N3S.